The summed E-state index contributed by atoms with van der Waals surface area (Å²) in [5.41, 5.74) is 4.07. The van der Waals surface area contributed by atoms with Crippen LogP contribution in [-0.2, 0) is 6.18 Å². The van der Waals surface area contributed by atoms with Gasteiger partial charge in [-0.2, -0.15) is 13.2 Å². The van der Waals surface area contributed by atoms with Crippen LogP contribution in [0.25, 0.3) is 16.7 Å². The number of pyridine rings is 2. The molecule has 2 heterocycles. The molecule has 0 saturated heterocycles. The highest BCUT2D eigenvalue weighted by atomic mass is 79.9. The molecule has 3 aromatic rings. The Hall–Kier alpha value is -2.06. The fourth-order valence-electron chi connectivity index (χ4n) is 2.27. The van der Waals surface area contributed by atoms with E-state index in [1.54, 1.807) is 12.1 Å². The van der Waals surface area contributed by atoms with Crippen molar-refractivity contribution in [3.63, 3.8) is 0 Å². The molecule has 0 fully saturated rings. The van der Waals surface area contributed by atoms with Crippen molar-refractivity contribution >= 4 is 44.3 Å². The summed E-state index contributed by atoms with van der Waals surface area (Å²) >= 11 is 9.18. The zero-order valence-electron chi connectivity index (χ0n) is 11.7. The van der Waals surface area contributed by atoms with E-state index in [-0.39, 0.29) is 31.9 Å². The second kappa shape index (κ2) is 5.78. The SMILES string of the molecule is Nc1c(Br)c(=O)n(-c2ccccc2Cl)c2nc(C(F)(F)F)ccc12. The number of aromatic nitrogens is 2. The number of halogens is 5. The van der Waals surface area contributed by atoms with Gasteiger partial charge in [0.15, 0.2) is 0 Å². The fraction of sp³-hybridized carbons (Fsp3) is 0.0667. The zero-order chi connectivity index (χ0) is 17.6. The van der Waals surface area contributed by atoms with E-state index in [0.717, 1.165) is 10.6 Å². The second-order valence-corrected chi connectivity index (χ2v) is 6.09. The van der Waals surface area contributed by atoms with Gasteiger partial charge in [0.2, 0.25) is 0 Å². The van der Waals surface area contributed by atoms with E-state index in [2.05, 4.69) is 20.9 Å². The van der Waals surface area contributed by atoms with E-state index < -0.39 is 17.4 Å². The highest BCUT2D eigenvalue weighted by Gasteiger charge is 2.33. The third-order valence-corrected chi connectivity index (χ3v) is 4.47. The standard InChI is InChI=1S/C15H8BrClF3N3O/c16-11-12(21)7-5-6-10(15(18,19)20)22-13(7)23(14(11)24)9-4-2-1-3-8(9)17/h1-6H,21H2. The Bertz CT molecular complexity index is 1020. The van der Waals surface area contributed by atoms with Gasteiger partial charge in [-0.3, -0.25) is 9.36 Å². The monoisotopic (exact) mass is 417 g/mol. The molecule has 0 amide bonds. The number of nitrogen functional groups attached to an aromatic ring is 1. The molecule has 9 heteroatoms. The first kappa shape index (κ1) is 16.8. The van der Waals surface area contributed by atoms with E-state index in [4.69, 9.17) is 17.3 Å². The number of nitrogens with two attached hydrogens (primary N) is 1. The number of benzene rings is 1. The van der Waals surface area contributed by atoms with Crippen LogP contribution in [0.3, 0.4) is 0 Å². The Kier molecular flexibility index (Phi) is 4.05. The van der Waals surface area contributed by atoms with Gasteiger partial charge in [-0.15, -0.1) is 0 Å². The summed E-state index contributed by atoms with van der Waals surface area (Å²) in [4.78, 5) is 16.2. The number of rotatable bonds is 1. The molecule has 0 saturated carbocycles. The lowest BCUT2D eigenvalue weighted by Crippen LogP contribution is -2.23. The van der Waals surface area contributed by atoms with Crippen molar-refractivity contribution in [2.24, 2.45) is 0 Å². The average molecular weight is 419 g/mol. The van der Waals surface area contributed by atoms with Gasteiger partial charge in [0, 0.05) is 5.39 Å². The first-order valence-electron chi connectivity index (χ1n) is 6.54. The molecule has 0 radical (unpaired) electrons. The number of alkyl halides is 3. The quantitative estimate of drug-likeness (QED) is 0.637. The van der Waals surface area contributed by atoms with Gasteiger partial charge in [0.25, 0.3) is 5.56 Å². The van der Waals surface area contributed by atoms with Crippen molar-refractivity contribution in [3.05, 3.63) is 61.9 Å². The van der Waals surface area contributed by atoms with E-state index in [9.17, 15) is 18.0 Å². The maximum Gasteiger partial charge on any atom is 0.433 e. The highest BCUT2D eigenvalue weighted by Crippen LogP contribution is 2.33. The van der Waals surface area contributed by atoms with Crippen LogP contribution in [0.4, 0.5) is 18.9 Å². The molecule has 0 aliphatic carbocycles. The summed E-state index contributed by atoms with van der Waals surface area (Å²) < 4.78 is 40.0. The van der Waals surface area contributed by atoms with Gasteiger partial charge in [-0.1, -0.05) is 23.7 Å². The Morgan fingerprint density at radius 2 is 1.83 bits per heavy atom. The van der Waals surface area contributed by atoms with Gasteiger partial charge in [0.05, 0.1) is 16.4 Å². The van der Waals surface area contributed by atoms with E-state index in [0.29, 0.717) is 0 Å². The minimum absolute atomic E-state index is 0.0135. The molecule has 1 aromatic carbocycles. The third-order valence-electron chi connectivity index (χ3n) is 3.39. The molecule has 0 atom stereocenters. The maximum atomic E-state index is 13.0. The highest BCUT2D eigenvalue weighted by molar-refractivity contribution is 9.10. The smallest absolute Gasteiger partial charge is 0.397 e. The van der Waals surface area contributed by atoms with Crippen molar-refractivity contribution in [1.29, 1.82) is 0 Å². The zero-order valence-corrected chi connectivity index (χ0v) is 14.1. The number of hydrogen-bond acceptors (Lipinski definition) is 3. The normalized spacial score (nSPS) is 11.9. The predicted octanol–water partition coefficient (Wildman–Crippen LogP) is 4.40. The third kappa shape index (κ3) is 2.65. The van der Waals surface area contributed by atoms with Crippen LogP contribution in [-0.4, -0.2) is 9.55 Å². The molecule has 2 N–H and O–H groups in total. The lowest BCUT2D eigenvalue weighted by Gasteiger charge is -2.15. The van der Waals surface area contributed by atoms with Crippen LogP contribution in [0.1, 0.15) is 5.69 Å². The number of fused-ring (bicyclic) bond motifs is 1. The van der Waals surface area contributed by atoms with Gasteiger partial charge >= 0.3 is 6.18 Å². The van der Waals surface area contributed by atoms with Crippen molar-refractivity contribution in [3.8, 4) is 5.69 Å². The molecule has 4 nitrogen and oxygen atoms in total. The van der Waals surface area contributed by atoms with Crippen LogP contribution in [0.2, 0.25) is 5.02 Å². The number of para-hydroxylation sites is 1. The summed E-state index contributed by atoms with van der Waals surface area (Å²) in [6, 6.07) is 8.27. The molecule has 0 spiro atoms. The van der Waals surface area contributed by atoms with Crippen molar-refractivity contribution in [1.82, 2.24) is 9.55 Å². The first-order chi connectivity index (χ1) is 11.2. The molecule has 0 aliphatic heterocycles. The lowest BCUT2D eigenvalue weighted by atomic mass is 10.2. The van der Waals surface area contributed by atoms with E-state index in [1.165, 1.54) is 18.2 Å². The molecule has 0 bridgehead atoms. The number of nitrogens with zero attached hydrogens (tertiary/aromatic N) is 2. The lowest BCUT2D eigenvalue weighted by molar-refractivity contribution is -0.141. The maximum absolute atomic E-state index is 13.0. The van der Waals surface area contributed by atoms with E-state index >= 15 is 0 Å². The van der Waals surface area contributed by atoms with Crippen LogP contribution in [0, 0.1) is 0 Å². The molecular formula is C15H8BrClF3N3O. The second-order valence-electron chi connectivity index (χ2n) is 4.89. The summed E-state index contributed by atoms with van der Waals surface area (Å²) in [5.74, 6) is 0. The van der Waals surface area contributed by atoms with Gasteiger partial charge in [-0.25, -0.2) is 4.98 Å². The molecule has 24 heavy (non-hydrogen) atoms. The van der Waals surface area contributed by atoms with Crippen LogP contribution < -0.4 is 11.3 Å². The Labute approximate surface area is 146 Å². The average Bonchev–Trinajstić information content (AvgIpc) is 2.53. The molecular weight excluding hydrogens is 411 g/mol. The molecule has 0 unspecified atom stereocenters. The first-order valence-corrected chi connectivity index (χ1v) is 7.71. The topological polar surface area (TPSA) is 60.9 Å². The van der Waals surface area contributed by atoms with Gasteiger partial charge < -0.3 is 5.73 Å². The molecule has 124 valence electrons. The summed E-state index contributed by atoms with van der Waals surface area (Å²) in [6.07, 6.45) is -4.66. The van der Waals surface area contributed by atoms with Gasteiger partial charge in [-0.05, 0) is 40.2 Å². The summed E-state index contributed by atoms with van der Waals surface area (Å²) in [6.45, 7) is 0. The molecule has 0 aliphatic rings. The number of anilines is 1. The molecule has 3 rings (SSSR count). The fourth-order valence-corrected chi connectivity index (χ4v) is 2.88. The minimum atomic E-state index is -4.66. The van der Waals surface area contributed by atoms with Crippen LogP contribution in [0.15, 0.2) is 45.7 Å². The van der Waals surface area contributed by atoms with Gasteiger partial charge in [0.1, 0.15) is 15.8 Å². The Morgan fingerprint density at radius 3 is 2.46 bits per heavy atom. The minimum Gasteiger partial charge on any atom is -0.397 e. The Morgan fingerprint density at radius 1 is 1.17 bits per heavy atom. The van der Waals surface area contributed by atoms with Crippen molar-refractivity contribution in [2.75, 3.05) is 5.73 Å². The Balaban J connectivity index is 2.51. The van der Waals surface area contributed by atoms with Crippen LogP contribution >= 0.6 is 27.5 Å². The largest absolute Gasteiger partial charge is 0.433 e. The summed E-state index contributed by atoms with van der Waals surface area (Å²) in [7, 11) is 0. The predicted molar refractivity (Wildman–Crippen MR) is 89.5 cm³/mol. The molecule has 2 aromatic heterocycles. The number of hydrogen-bond donors (Lipinski definition) is 1. The van der Waals surface area contributed by atoms with E-state index in [1.807, 2.05) is 0 Å². The van der Waals surface area contributed by atoms with Crippen molar-refractivity contribution < 1.29 is 13.2 Å². The van der Waals surface area contributed by atoms with Crippen LogP contribution in [0.5, 0.6) is 0 Å². The summed E-state index contributed by atoms with van der Waals surface area (Å²) in [5, 5.41) is 0.395. The van der Waals surface area contributed by atoms with Crippen molar-refractivity contribution in [2.45, 2.75) is 6.18 Å².